The summed E-state index contributed by atoms with van der Waals surface area (Å²) in [6, 6.07) is 0. The summed E-state index contributed by atoms with van der Waals surface area (Å²) in [5.74, 6) is -0.254. The van der Waals surface area contributed by atoms with Crippen molar-refractivity contribution in [1.82, 2.24) is 0 Å². The van der Waals surface area contributed by atoms with Crippen LogP contribution in [0.4, 0.5) is 0 Å². The second-order valence-corrected chi connectivity index (χ2v) is 7.07. The van der Waals surface area contributed by atoms with Crippen LogP contribution in [0, 0.1) is 23.7 Å². The van der Waals surface area contributed by atoms with Crippen LogP contribution in [-0.2, 0) is 19.1 Å². The van der Waals surface area contributed by atoms with E-state index in [1.165, 1.54) is 0 Å². The summed E-state index contributed by atoms with van der Waals surface area (Å²) < 4.78 is 11.8. The molecule has 2 aliphatic carbocycles. The smallest absolute Gasteiger partial charge is 0.310 e. The van der Waals surface area contributed by atoms with Gasteiger partial charge in [-0.15, -0.1) is 0 Å². The first-order valence-corrected chi connectivity index (χ1v) is 8.19. The molecule has 3 aliphatic rings. The number of hydrogen-bond acceptors (Lipinski definition) is 4. The van der Waals surface area contributed by atoms with Crippen molar-refractivity contribution in [3.05, 3.63) is 0 Å². The topological polar surface area (TPSA) is 52.6 Å². The average Bonchev–Trinajstić information content (AvgIpc) is 3.08. The molecule has 21 heavy (non-hydrogen) atoms. The molecule has 0 aromatic heterocycles. The Bertz CT molecular complexity index is 444. The van der Waals surface area contributed by atoms with Crippen molar-refractivity contribution in [1.29, 1.82) is 0 Å². The number of likely N-dealkylation sites (N-methyl/N-ethyl adjacent to an activating group) is 1. The van der Waals surface area contributed by atoms with Crippen molar-refractivity contribution >= 4 is 11.9 Å². The third-order valence-corrected chi connectivity index (χ3v) is 6.16. The van der Waals surface area contributed by atoms with E-state index in [0.717, 1.165) is 37.0 Å². The SMILES string of the molecule is CC[N+](C)(CC)CCOC(=O)[C@@H]1[C@H]2C[C@@H]3[C@@H]1C(=O)O[C@@H]3C2. The Balaban J connectivity index is 1.56. The van der Waals surface area contributed by atoms with E-state index in [0.29, 0.717) is 12.5 Å². The molecule has 2 bridgehead atoms. The second-order valence-electron chi connectivity index (χ2n) is 7.07. The maximum absolute atomic E-state index is 12.4. The number of esters is 2. The lowest BCUT2D eigenvalue weighted by Gasteiger charge is -2.32. The van der Waals surface area contributed by atoms with Crippen molar-refractivity contribution < 1.29 is 23.5 Å². The number of nitrogens with zero attached hydrogens (tertiary/aromatic N) is 1. The number of quaternary nitrogens is 1. The Hall–Kier alpha value is -1.10. The van der Waals surface area contributed by atoms with Crippen LogP contribution in [0.5, 0.6) is 0 Å². The fourth-order valence-corrected chi connectivity index (χ4v) is 4.33. The van der Waals surface area contributed by atoms with Crippen molar-refractivity contribution in [3.8, 4) is 0 Å². The van der Waals surface area contributed by atoms with Gasteiger partial charge in [0.15, 0.2) is 0 Å². The van der Waals surface area contributed by atoms with E-state index in [-0.39, 0.29) is 35.8 Å². The first kappa shape index (κ1) is 14.8. The monoisotopic (exact) mass is 296 g/mol. The Kier molecular flexibility index (Phi) is 3.72. The Morgan fingerprint density at radius 1 is 1.33 bits per heavy atom. The van der Waals surface area contributed by atoms with E-state index in [1.807, 2.05) is 0 Å². The summed E-state index contributed by atoms with van der Waals surface area (Å²) in [6.45, 7) is 7.62. The molecular formula is C16H26NO4+. The number of carbonyl (C=O) groups is 2. The molecular weight excluding hydrogens is 270 g/mol. The van der Waals surface area contributed by atoms with Gasteiger partial charge in [0.1, 0.15) is 19.3 Å². The highest BCUT2D eigenvalue weighted by Crippen LogP contribution is 2.57. The zero-order chi connectivity index (χ0) is 15.2. The molecule has 5 atom stereocenters. The lowest BCUT2D eigenvalue weighted by Crippen LogP contribution is -2.46. The standard InChI is InChI=1S/C16H26NO4/c1-4-17(3,5-2)6-7-20-15(18)13-10-8-11-12(9-10)21-16(19)14(11)13/h10-14H,4-9H2,1-3H3/q+1/t10-,11-,12+,13+,14-/m0/s1. The van der Waals surface area contributed by atoms with Crippen LogP contribution in [0.3, 0.4) is 0 Å². The minimum Gasteiger partial charge on any atom is -0.462 e. The van der Waals surface area contributed by atoms with Crippen molar-refractivity contribution in [2.45, 2.75) is 32.8 Å². The van der Waals surface area contributed by atoms with Gasteiger partial charge in [0, 0.05) is 5.92 Å². The molecule has 3 fully saturated rings. The van der Waals surface area contributed by atoms with Crippen LogP contribution in [0.15, 0.2) is 0 Å². The van der Waals surface area contributed by atoms with E-state index in [2.05, 4.69) is 20.9 Å². The third-order valence-electron chi connectivity index (χ3n) is 6.16. The Morgan fingerprint density at radius 3 is 2.71 bits per heavy atom. The molecule has 3 rings (SSSR count). The largest absolute Gasteiger partial charge is 0.462 e. The predicted molar refractivity (Wildman–Crippen MR) is 76.2 cm³/mol. The lowest BCUT2D eigenvalue weighted by atomic mass is 9.80. The fourth-order valence-electron chi connectivity index (χ4n) is 4.33. The molecule has 2 saturated carbocycles. The molecule has 0 spiro atoms. The molecule has 1 heterocycles. The van der Waals surface area contributed by atoms with Gasteiger partial charge in [-0.05, 0) is 32.6 Å². The number of fused-ring (bicyclic) bond motifs is 1. The third kappa shape index (κ3) is 2.35. The van der Waals surface area contributed by atoms with Crippen LogP contribution in [0.25, 0.3) is 0 Å². The highest BCUT2D eigenvalue weighted by atomic mass is 16.6. The van der Waals surface area contributed by atoms with Gasteiger partial charge in [0.25, 0.3) is 0 Å². The minimum absolute atomic E-state index is 0.0803. The van der Waals surface area contributed by atoms with Crippen LogP contribution in [-0.4, -0.2) is 55.8 Å². The average molecular weight is 296 g/mol. The van der Waals surface area contributed by atoms with Gasteiger partial charge in [-0.25, -0.2) is 0 Å². The molecule has 1 saturated heterocycles. The normalized spacial score (nSPS) is 36.9. The summed E-state index contributed by atoms with van der Waals surface area (Å²) in [4.78, 5) is 24.3. The maximum Gasteiger partial charge on any atom is 0.310 e. The summed E-state index contributed by atoms with van der Waals surface area (Å²) >= 11 is 0. The van der Waals surface area contributed by atoms with E-state index in [9.17, 15) is 9.59 Å². The van der Waals surface area contributed by atoms with E-state index < -0.39 is 0 Å². The molecule has 118 valence electrons. The molecule has 0 radical (unpaired) electrons. The van der Waals surface area contributed by atoms with E-state index >= 15 is 0 Å². The zero-order valence-electron chi connectivity index (χ0n) is 13.2. The van der Waals surface area contributed by atoms with Gasteiger partial charge in [0.2, 0.25) is 0 Å². The summed E-state index contributed by atoms with van der Waals surface area (Å²) in [5.41, 5.74) is 0. The van der Waals surface area contributed by atoms with Crippen molar-refractivity contribution in [3.63, 3.8) is 0 Å². The molecule has 0 aromatic carbocycles. The highest BCUT2D eigenvalue weighted by Gasteiger charge is 2.64. The summed E-state index contributed by atoms with van der Waals surface area (Å²) in [6.07, 6.45) is 1.89. The Labute approximate surface area is 126 Å². The number of rotatable bonds is 6. The minimum atomic E-state index is -0.247. The molecule has 5 heteroatoms. The van der Waals surface area contributed by atoms with Crippen LogP contribution in [0.2, 0.25) is 0 Å². The van der Waals surface area contributed by atoms with Crippen molar-refractivity contribution in [2.75, 3.05) is 33.3 Å². The first-order chi connectivity index (χ1) is 9.99. The maximum atomic E-state index is 12.4. The van der Waals surface area contributed by atoms with Gasteiger partial charge >= 0.3 is 11.9 Å². The van der Waals surface area contributed by atoms with Crippen LogP contribution in [0.1, 0.15) is 26.7 Å². The fraction of sp³-hybridized carbons (Fsp3) is 0.875. The van der Waals surface area contributed by atoms with Crippen molar-refractivity contribution in [2.24, 2.45) is 23.7 Å². The molecule has 0 amide bonds. The van der Waals surface area contributed by atoms with Gasteiger partial charge in [-0.3, -0.25) is 9.59 Å². The lowest BCUT2D eigenvalue weighted by molar-refractivity contribution is -0.906. The Morgan fingerprint density at radius 2 is 2.05 bits per heavy atom. The molecule has 0 unspecified atom stereocenters. The summed E-state index contributed by atoms with van der Waals surface area (Å²) in [7, 11) is 2.17. The molecule has 0 aromatic rings. The second kappa shape index (κ2) is 5.27. The van der Waals surface area contributed by atoms with Gasteiger partial charge in [0.05, 0.1) is 32.0 Å². The van der Waals surface area contributed by atoms with E-state index in [1.54, 1.807) is 0 Å². The number of carbonyl (C=O) groups excluding carboxylic acids is 2. The van der Waals surface area contributed by atoms with Crippen LogP contribution >= 0.6 is 0 Å². The summed E-state index contributed by atoms with van der Waals surface area (Å²) in [5, 5.41) is 0. The van der Waals surface area contributed by atoms with Gasteiger partial charge < -0.3 is 14.0 Å². The highest BCUT2D eigenvalue weighted by molar-refractivity contribution is 5.85. The van der Waals surface area contributed by atoms with E-state index in [4.69, 9.17) is 9.47 Å². The van der Waals surface area contributed by atoms with Crippen LogP contribution < -0.4 is 0 Å². The predicted octanol–water partition coefficient (Wildman–Crippen LogP) is 1.21. The first-order valence-electron chi connectivity index (χ1n) is 8.19. The van der Waals surface area contributed by atoms with Gasteiger partial charge in [-0.1, -0.05) is 0 Å². The zero-order valence-corrected chi connectivity index (χ0v) is 13.2. The quantitative estimate of drug-likeness (QED) is 0.546. The molecule has 0 N–H and O–H groups in total. The number of ether oxygens (including phenoxy) is 2. The molecule has 5 nitrogen and oxygen atoms in total. The number of hydrogen-bond donors (Lipinski definition) is 0. The molecule has 1 aliphatic heterocycles. The van der Waals surface area contributed by atoms with Gasteiger partial charge in [-0.2, -0.15) is 0 Å².